The Morgan fingerprint density at radius 1 is 1.09 bits per heavy atom. The molecular weight excluding hydrogens is 274 g/mol. The first-order valence-corrected chi connectivity index (χ1v) is 7.34. The Kier molecular flexibility index (Phi) is 2.89. The van der Waals surface area contributed by atoms with E-state index < -0.39 is 0 Å². The number of hydrogen-bond donors (Lipinski definition) is 1. The molecule has 4 nitrogen and oxygen atoms in total. The van der Waals surface area contributed by atoms with Crippen LogP contribution in [0.15, 0.2) is 48.5 Å². The number of hydrogen-bond acceptors (Lipinski definition) is 3. The zero-order valence-corrected chi connectivity index (χ0v) is 12.6. The molecule has 1 aliphatic heterocycles. The monoisotopic (exact) mass is 291 g/mol. The summed E-state index contributed by atoms with van der Waals surface area (Å²) in [4.78, 5) is 0. The molecule has 0 aliphatic carbocycles. The number of rotatable bonds is 2. The minimum atomic E-state index is 0.814. The number of ether oxygens (including phenoxy) is 1. The van der Waals surface area contributed by atoms with Gasteiger partial charge in [-0.15, -0.1) is 0 Å². The van der Waals surface area contributed by atoms with Gasteiger partial charge in [-0.3, -0.25) is 0 Å². The van der Waals surface area contributed by atoms with Crippen molar-refractivity contribution in [3.8, 4) is 22.7 Å². The summed E-state index contributed by atoms with van der Waals surface area (Å²) >= 11 is 0. The minimum absolute atomic E-state index is 0.814. The van der Waals surface area contributed by atoms with Crippen molar-refractivity contribution in [3.05, 3.63) is 59.8 Å². The van der Waals surface area contributed by atoms with Crippen LogP contribution in [0.4, 0.5) is 5.69 Å². The molecule has 0 bridgehead atoms. The number of anilines is 1. The predicted octanol–water partition coefficient (Wildman–Crippen LogP) is 3.78. The molecule has 1 aromatic heterocycles. The lowest BCUT2D eigenvalue weighted by molar-refractivity contribution is 0.414. The zero-order valence-electron chi connectivity index (χ0n) is 12.6. The summed E-state index contributed by atoms with van der Waals surface area (Å²) in [7, 11) is 1.68. The molecule has 0 atom stereocenters. The Bertz CT molecular complexity index is 834. The fourth-order valence-electron chi connectivity index (χ4n) is 2.99. The Labute approximate surface area is 129 Å². The van der Waals surface area contributed by atoms with E-state index in [2.05, 4.69) is 36.5 Å². The SMILES string of the molecule is COc1ccc(-n2nc(C)c3c2-c2ccccc2NC3)cc1. The summed E-state index contributed by atoms with van der Waals surface area (Å²) in [5.74, 6) is 0.851. The van der Waals surface area contributed by atoms with E-state index in [0.29, 0.717) is 0 Å². The van der Waals surface area contributed by atoms with Crippen LogP contribution in [0, 0.1) is 6.92 Å². The number of aryl methyl sites for hydroxylation is 1. The minimum Gasteiger partial charge on any atom is -0.497 e. The molecule has 0 amide bonds. The maximum atomic E-state index is 5.24. The molecule has 1 aliphatic rings. The highest BCUT2D eigenvalue weighted by molar-refractivity contribution is 5.82. The van der Waals surface area contributed by atoms with Crippen LogP contribution in [-0.2, 0) is 6.54 Å². The first kappa shape index (κ1) is 13.0. The van der Waals surface area contributed by atoms with Gasteiger partial charge in [-0.25, -0.2) is 4.68 Å². The van der Waals surface area contributed by atoms with Crippen molar-refractivity contribution in [3.63, 3.8) is 0 Å². The molecule has 0 spiro atoms. The van der Waals surface area contributed by atoms with Crippen LogP contribution in [0.3, 0.4) is 0 Å². The average molecular weight is 291 g/mol. The third kappa shape index (κ3) is 1.88. The molecule has 2 heterocycles. The van der Waals surface area contributed by atoms with Crippen LogP contribution in [0.2, 0.25) is 0 Å². The second kappa shape index (κ2) is 4.91. The Hall–Kier alpha value is -2.75. The molecule has 2 aromatic carbocycles. The summed E-state index contributed by atoms with van der Waals surface area (Å²) in [5.41, 5.74) is 6.89. The fraction of sp³-hybridized carbons (Fsp3) is 0.167. The Balaban J connectivity index is 1.92. The largest absolute Gasteiger partial charge is 0.497 e. The van der Waals surface area contributed by atoms with Crippen molar-refractivity contribution < 1.29 is 4.74 Å². The van der Waals surface area contributed by atoms with Gasteiger partial charge >= 0.3 is 0 Å². The number of para-hydroxylation sites is 1. The predicted molar refractivity (Wildman–Crippen MR) is 87.6 cm³/mol. The van der Waals surface area contributed by atoms with Crippen molar-refractivity contribution in [2.24, 2.45) is 0 Å². The summed E-state index contributed by atoms with van der Waals surface area (Å²) < 4.78 is 7.27. The second-order valence-electron chi connectivity index (χ2n) is 5.42. The summed E-state index contributed by atoms with van der Waals surface area (Å²) in [6.45, 7) is 2.88. The van der Waals surface area contributed by atoms with Crippen LogP contribution in [-0.4, -0.2) is 16.9 Å². The number of aromatic nitrogens is 2. The van der Waals surface area contributed by atoms with Crippen molar-refractivity contribution in [1.29, 1.82) is 0 Å². The van der Waals surface area contributed by atoms with E-state index in [0.717, 1.165) is 29.4 Å². The fourth-order valence-corrected chi connectivity index (χ4v) is 2.99. The van der Waals surface area contributed by atoms with Gasteiger partial charge in [0.05, 0.1) is 24.2 Å². The number of methoxy groups -OCH3 is 1. The summed E-state index contributed by atoms with van der Waals surface area (Å²) in [6, 6.07) is 16.4. The number of fused-ring (bicyclic) bond motifs is 3. The number of nitrogens with one attached hydrogen (secondary N) is 1. The van der Waals surface area contributed by atoms with Gasteiger partial charge in [0.2, 0.25) is 0 Å². The van der Waals surface area contributed by atoms with Crippen LogP contribution >= 0.6 is 0 Å². The smallest absolute Gasteiger partial charge is 0.119 e. The number of nitrogens with zero attached hydrogens (tertiary/aromatic N) is 2. The van der Waals surface area contributed by atoms with Gasteiger partial charge in [-0.1, -0.05) is 18.2 Å². The van der Waals surface area contributed by atoms with Gasteiger partial charge in [-0.05, 0) is 37.3 Å². The highest BCUT2D eigenvalue weighted by atomic mass is 16.5. The summed E-state index contributed by atoms with van der Waals surface area (Å²) in [5, 5.41) is 8.22. The Morgan fingerprint density at radius 3 is 2.64 bits per heavy atom. The lowest BCUT2D eigenvalue weighted by atomic mass is 10.00. The maximum absolute atomic E-state index is 5.24. The van der Waals surface area contributed by atoms with Crippen molar-refractivity contribution in [2.75, 3.05) is 12.4 Å². The quantitative estimate of drug-likeness (QED) is 0.781. The van der Waals surface area contributed by atoms with Gasteiger partial charge in [0.25, 0.3) is 0 Å². The van der Waals surface area contributed by atoms with Crippen LogP contribution < -0.4 is 10.1 Å². The standard InChI is InChI=1S/C18H17N3O/c1-12-16-11-19-17-6-4-3-5-15(17)18(16)21(20-12)13-7-9-14(22-2)10-8-13/h3-10,19H,11H2,1-2H3. The molecule has 4 rings (SSSR count). The molecule has 0 saturated carbocycles. The van der Waals surface area contributed by atoms with Crippen molar-refractivity contribution >= 4 is 5.69 Å². The molecule has 0 saturated heterocycles. The van der Waals surface area contributed by atoms with Crippen LogP contribution in [0.1, 0.15) is 11.3 Å². The molecule has 0 fully saturated rings. The lowest BCUT2D eigenvalue weighted by Gasteiger charge is -2.20. The number of benzene rings is 2. The zero-order chi connectivity index (χ0) is 15.1. The normalized spacial score (nSPS) is 12.3. The first-order chi connectivity index (χ1) is 10.8. The van der Waals surface area contributed by atoms with Crippen molar-refractivity contribution in [1.82, 2.24) is 9.78 Å². The third-order valence-corrected chi connectivity index (χ3v) is 4.14. The van der Waals surface area contributed by atoms with E-state index >= 15 is 0 Å². The second-order valence-corrected chi connectivity index (χ2v) is 5.42. The van der Waals surface area contributed by atoms with Crippen LogP contribution in [0.5, 0.6) is 5.75 Å². The molecular formula is C18H17N3O. The molecule has 1 N–H and O–H groups in total. The van der Waals surface area contributed by atoms with E-state index in [4.69, 9.17) is 9.84 Å². The van der Waals surface area contributed by atoms with E-state index in [1.807, 2.05) is 28.9 Å². The Morgan fingerprint density at radius 2 is 1.86 bits per heavy atom. The highest BCUT2D eigenvalue weighted by Gasteiger charge is 2.23. The topological polar surface area (TPSA) is 39.1 Å². The van der Waals surface area contributed by atoms with E-state index in [9.17, 15) is 0 Å². The van der Waals surface area contributed by atoms with Crippen LogP contribution in [0.25, 0.3) is 16.9 Å². The van der Waals surface area contributed by atoms with E-state index in [-0.39, 0.29) is 0 Å². The molecule has 110 valence electrons. The van der Waals surface area contributed by atoms with E-state index in [1.54, 1.807) is 7.11 Å². The molecule has 22 heavy (non-hydrogen) atoms. The van der Waals surface area contributed by atoms with Gasteiger partial charge in [0.1, 0.15) is 5.75 Å². The van der Waals surface area contributed by atoms with Gasteiger partial charge in [0, 0.05) is 23.4 Å². The first-order valence-electron chi connectivity index (χ1n) is 7.34. The molecule has 4 heteroatoms. The lowest BCUT2D eigenvalue weighted by Crippen LogP contribution is -2.10. The summed E-state index contributed by atoms with van der Waals surface area (Å²) in [6.07, 6.45) is 0. The van der Waals surface area contributed by atoms with Gasteiger partial charge < -0.3 is 10.1 Å². The highest BCUT2D eigenvalue weighted by Crippen LogP contribution is 2.38. The van der Waals surface area contributed by atoms with E-state index in [1.165, 1.54) is 16.8 Å². The molecule has 0 unspecified atom stereocenters. The third-order valence-electron chi connectivity index (χ3n) is 4.14. The maximum Gasteiger partial charge on any atom is 0.119 e. The average Bonchev–Trinajstić information content (AvgIpc) is 2.92. The van der Waals surface area contributed by atoms with Crippen molar-refractivity contribution in [2.45, 2.75) is 13.5 Å². The molecule has 3 aromatic rings. The van der Waals surface area contributed by atoms with Gasteiger partial charge in [-0.2, -0.15) is 5.10 Å². The molecule has 0 radical (unpaired) electrons. The van der Waals surface area contributed by atoms with Gasteiger partial charge in [0.15, 0.2) is 0 Å².